The first-order valence-electron chi connectivity index (χ1n) is 4.89. The first-order chi connectivity index (χ1) is 7.90. The number of nitrogens with zero attached hydrogens (tertiary/aromatic N) is 1. The molecule has 0 fully saturated rings. The lowest BCUT2D eigenvalue weighted by Gasteiger charge is -2.08. The van der Waals surface area contributed by atoms with Gasteiger partial charge in [-0.05, 0) is 28.9 Å². The van der Waals surface area contributed by atoms with Crippen molar-refractivity contribution < 1.29 is 9.72 Å². The molecule has 0 spiro atoms. The van der Waals surface area contributed by atoms with Crippen LogP contribution in [0.15, 0.2) is 22.7 Å². The Hall–Kier alpha value is -1.47. The fourth-order valence-electron chi connectivity index (χ4n) is 1.21. The average molecular weight is 302 g/mol. The van der Waals surface area contributed by atoms with E-state index in [9.17, 15) is 14.9 Å². The minimum absolute atomic E-state index is 0.0398. The molecule has 1 aromatic rings. The Morgan fingerprint density at radius 2 is 2.29 bits per heavy atom. The van der Waals surface area contributed by atoms with Crippen LogP contribution in [0.5, 0.6) is 0 Å². The van der Waals surface area contributed by atoms with E-state index in [0.717, 1.165) is 0 Å². The SMILES string of the molecule is CC(N)CC(=O)Nc1ccc([N+](=O)[O-])cc1Br. The maximum Gasteiger partial charge on any atom is 0.270 e. The molecule has 1 aromatic carbocycles. The molecule has 0 bridgehead atoms. The zero-order valence-electron chi connectivity index (χ0n) is 9.14. The number of nitrogens with two attached hydrogens (primary N) is 1. The molecule has 0 radical (unpaired) electrons. The second kappa shape index (κ2) is 5.74. The Morgan fingerprint density at radius 3 is 2.76 bits per heavy atom. The zero-order chi connectivity index (χ0) is 13.0. The van der Waals surface area contributed by atoms with Gasteiger partial charge in [-0.3, -0.25) is 14.9 Å². The van der Waals surface area contributed by atoms with Crippen LogP contribution in [0.25, 0.3) is 0 Å². The Morgan fingerprint density at radius 1 is 1.65 bits per heavy atom. The van der Waals surface area contributed by atoms with Crippen molar-refractivity contribution in [2.45, 2.75) is 19.4 Å². The van der Waals surface area contributed by atoms with Crippen LogP contribution in [-0.2, 0) is 4.79 Å². The van der Waals surface area contributed by atoms with Gasteiger partial charge >= 0.3 is 0 Å². The van der Waals surface area contributed by atoms with Crippen molar-refractivity contribution in [3.63, 3.8) is 0 Å². The van der Waals surface area contributed by atoms with Crippen molar-refractivity contribution >= 4 is 33.2 Å². The van der Waals surface area contributed by atoms with Crippen molar-refractivity contribution in [3.8, 4) is 0 Å². The summed E-state index contributed by atoms with van der Waals surface area (Å²) < 4.78 is 0.463. The normalized spacial score (nSPS) is 11.9. The first kappa shape index (κ1) is 13.6. The highest BCUT2D eigenvalue weighted by atomic mass is 79.9. The van der Waals surface area contributed by atoms with E-state index in [1.54, 1.807) is 6.92 Å². The number of rotatable bonds is 4. The zero-order valence-corrected chi connectivity index (χ0v) is 10.7. The fourth-order valence-corrected chi connectivity index (χ4v) is 1.68. The van der Waals surface area contributed by atoms with E-state index in [2.05, 4.69) is 21.2 Å². The first-order valence-corrected chi connectivity index (χ1v) is 5.69. The number of benzene rings is 1. The number of nitro groups is 1. The average Bonchev–Trinajstić information content (AvgIpc) is 2.19. The molecule has 1 atom stereocenters. The van der Waals surface area contributed by atoms with E-state index in [1.807, 2.05) is 0 Å². The summed E-state index contributed by atoms with van der Waals surface area (Å²) in [5, 5.41) is 13.1. The Kier molecular flexibility index (Phi) is 4.59. The van der Waals surface area contributed by atoms with Crippen molar-refractivity contribution in [1.29, 1.82) is 0 Å². The number of non-ortho nitro benzene ring substituents is 1. The van der Waals surface area contributed by atoms with E-state index >= 15 is 0 Å². The van der Waals surface area contributed by atoms with Gasteiger partial charge in [-0.1, -0.05) is 0 Å². The highest BCUT2D eigenvalue weighted by molar-refractivity contribution is 9.10. The van der Waals surface area contributed by atoms with E-state index < -0.39 is 4.92 Å². The standard InChI is InChI=1S/C10H12BrN3O3/c1-6(12)4-10(15)13-9-3-2-7(14(16)17)5-8(9)11/h2-3,5-6H,4,12H2,1H3,(H,13,15). The number of carbonyl (C=O) groups is 1. The van der Waals surface area contributed by atoms with Crippen molar-refractivity contribution in [3.05, 3.63) is 32.8 Å². The largest absolute Gasteiger partial charge is 0.327 e. The minimum atomic E-state index is -0.502. The molecule has 0 saturated heterocycles. The number of amides is 1. The fraction of sp³-hybridized carbons (Fsp3) is 0.300. The summed E-state index contributed by atoms with van der Waals surface area (Å²) >= 11 is 3.16. The molecule has 0 aliphatic rings. The van der Waals surface area contributed by atoms with Gasteiger partial charge in [0.15, 0.2) is 0 Å². The highest BCUT2D eigenvalue weighted by Crippen LogP contribution is 2.27. The van der Waals surface area contributed by atoms with E-state index in [-0.39, 0.29) is 24.1 Å². The van der Waals surface area contributed by atoms with Gasteiger partial charge in [0.05, 0.1) is 10.6 Å². The molecule has 17 heavy (non-hydrogen) atoms. The minimum Gasteiger partial charge on any atom is -0.327 e. The Bertz CT molecular complexity index is 448. The molecule has 1 unspecified atom stereocenters. The quantitative estimate of drug-likeness (QED) is 0.656. The van der Waals surface area contributed by atoms with Gasteiger partial charge in [0.1, 0.15) is 0 Å². The van der Waals surface area contributed by atoms with Crippen LogP contribution in [0, 0.1) is 10.1 Å². The number of nitro benzene ring substituents is 1. The molecule has 0 aliphatic carbocycles. The molecule has 1 amide bonds. The topological polar surface area (TPSA) is 98.3 Å². The summed E-state index contributed by atoms with van der Waals surface area (Å²) in [4.78, 5) is 21.5. The molecule has 3 N–H and O–H groups in total. The van der Waals surface area contributed by atoms with E-state index in [0.29, 0.717) is 10.2 Å². The molecule has 0 aliphatic heterocycles. The van der Waals surface area contributed by atoms with Gasteiger partial charge in [0, 0.05) is 29.1 Å². The molecular formula is C10H12BrN3O3. The summed E-state index contributed by atoms with van der Waals surface area (Å²) in [6.45, 7) is 1.73. The summed E-state index contributed by atoms with van der Waals surface area (Å²) in [6, 6.07) is 3.90. The molecular weight excluding hydrogens is 290 g/mol. The number of halogens is 1. The molecule has 6 nitrogen and oxygen atoms in total. The van der Waals surface area contributed by atoms with Crippen LogP contribution in [0.4, 0.5) is 11.4 Å². The van der Waals surface area contributed by atoms with Crippen molar-refractivity contribution in [1.82, 2.24) is 0 Å². The number of carbonyl (C=O) groups excluding carboxylic acids is 1. The van der Waals surface area contributed by atoms with Gasteiger partial charge in [0.25, 0.3) is 5.69 Å². The van der Waals surface area contributed by atoms with Gasteiger partial charge in [-0.2, -0.15) is 0 Å². The van der Waals surface area contributed by atoms with Crippen LogP contribution in [0.1, 0.15) is 13.3 Å². The number of hydrogen-bond donors (Lipinski definition) is 2. The third-order valence-electron chi connectivity index (χ3n) is 1.94. The summed E-state index contributed by atoms with van der Waals surface area (Å²) in [5.74, 6) is -0.227. The molecule has 7 heteroatoms. The lowest BCUT2D eigenvalue weighted by Crippen LogP contribution is -2.24. The number of anilines is 1. The smallest absolute Gasteiger partial charge is 0.270 e. The van der Waals surface area contributed by atoms with Crippen LogP contribution < -0.4 is 11.1 Å². The van der Waals surface area contributed by atoms with Crippen molar-refractivity contribution in [2.24, 2.45) is 5.73 Å². The van der Waals surface area contributed by atoms with E-state index in [1.165, 1.54) is 18.2 Å². The summed E-state index contributed by atoms with van der Waals surface area (Å²) in [7, 11) is 0. The third kappa shape index (κ3) is 4.12. The predicted octanol–water partition coefficient (Wildman–Crippen LogP) is 2.03. The Balaban J connectivity index is 2.79. The monoisotopic (exact) mass is 301 g/mol. The van der Waals surface area contributed by atoms with Crippen LogP contribution in [0.2, 0.25) is 0 Å². The molecule has 1 rings (SSSR count). The van der Waals surface area contributed by atoms with Gasteiger partial charge in [0.2, 0.25) is 5.91 Å². The number of hydrogen-bond acceptors (Lipinski definition) is 4. The van der Waals surface area contributed by atoms with Gasteiger partial charge in [-0.25, -0.2) is 0 Å². The molecule has 0 heterocycles. The lowest BCUT2D eigenvalue weighted by atomic mass is 10.2. The van der Waals surface area contributed by atoms with E-state index in [4.69, 9.17) is 5.73 Å². The Labute approximate surface area is 106 Å². The second-order valence-electron chi connectivity index (χ2n) is 3.65. The van der Waals surface area contributed by atoms with Gasteiger partial charge in [-0.15, -0.1) is 0 Å². The van der Waals surface area contributed by atoms with Crippen LogP contribution in [0.3, 0.4) is 0 Å². The van der Waals surface area contributed by atoms with Crippen molar-refractivity contribution in [2.75, 3.05) is 5.32 Å². The lowest BCUT2D eigenvalue weighted by molar-refractivity contribution is -0.384. The second-order valence-corrected chi connectivity index (χ2v) is 4.51. The van der Waals surface area contributed by atoms with Crippen LogP contribution in [-0.4, -0.2) is 16.9 Å². The highest BCUT2D eigenvalue weighted by Gasteiger charge is 2.11. The summed E-state index contributed by atoms with van der Waals surface area (Å²) in [5.41, 5.74) is 5.93. The van der Waals surface area contributed by atoms with Crippen LogP contribution >= 0.6 is 15.9 Å². The molecule has 0 saturated carbocycles. The number of nitrogens with one attached hydrogen (secondary N) is 1. The van der Waals surface area contributed by atoms with Gasteiger partial charge < -0.3 is 11.1 Å². The molecule has 92 valence electrons. The maximum atomic E-state index is 11.4. The predicted molar refractivity (Wildman–Crippen MR) is 67.7 cm³/mol. The summed E-state index contributed by atoms with van der Waals surface area (Å²) in [6.07, 6.45) is 0.198. The third-order valence-corrected chi connectivity index (χ3v) is 2.60. The maximum absolute atomic E-state index is 11.4. The molecule has 0 aromatic heterocycles.